The predicted octanol–water partition coefficient (Wildman–Crippen LogP) is 6.03. The molecule has 2 rings (SSSR count). The van der Waals surface area contributed by atoms with Crippen molar-refractivity contribution in [2.24, 2.45) is 0 Å². The molecule has 6 nitrogen and oxygen atoms in total. The summed E-state index contributed by atoms with van der Waals surface area (Å²) in [6.45, 7) is 1.30. The van der Waals surface area contributed by atoms with E-state index in [0.717, 1.165) is 25.7 Å². The number of hydrogen-bond acceptors (Lipinski definition) is 6. The second-order valence-electron chi connectivity index (χ2n) is 7.48. The highest BCUT2D eigenvalue weighted by molar-refractivity contribution is 5.47. The molecule has 0 aliphatic rings. The molecule has 0 aliphatic carbocycles. The van der Waals surface area contributed by atoms with Crippen LogP contribution in [0.1, 0.15) is 62.5 Å². The minimum Gasteiger partial charge on any atom is -0.493 e. The van der Waals surface area contributed by atoms with Gasteiger partial charge in [-0.15, -0.1) is 0 Å². The molecule has 170 valence electrons. The number of benzene rings is 2. The number of rotatable bonds is 15. The lowest BCUT2D eigenvalue weighted by Gasteiger charge is -2.11. The lowest BCUT2D eigenvalue weighted by Crippen LogP contribution is -2.00. The van der Waals surface area contributed by atoms with Crippen LogP contribution in [-0.2, 0) is 0 Å². The third kappa shape index (κ3) is 8.40. The van der Waals surface area contributed by atoms with Gasteiger partial charge < -0.3 is 18.9 Å². The van der Waals surface area contributed by atoms with Crippen LogP contribution in [0.4, 0.5) is 0 Å². The molecule has 0 saturated carbocycles. The Balaban J connectivity index is 1.48. The van der Waals surface area contributed by atoms with Crippen LogP contribution in [0.5, 0.6) is 23.0 Å². The van der Waals surface area contributed by atoms with Crippen molar-refractivity contribution < 1.29 is 18.9 Å². The van der Waals surface area contributed by atoms with Gasteiger partial charge in [-0.2, -0.15) is 10.5 Å². The quantitative estimate of drug-likeness (QED) is 0.317. The third-order valence-corrected chi connectivity index (χ3v) is 5.14. The molecule has 0 unspecified atom stereocenters. The zero-order valence-corrected chi connectivity index (χ0v) is 19.1. The fraction of sp³-hybridized carbons (Fsp3) is 0.462. The van der Waals surface area contributed by atoms with Gasteiger partial charge in [0.2, 0.25) is 0 Å². The molecule has 0 spiro atoms. The van der Waals surface area contributed by atoms with E-state index in [1.165, 1.54) is 25.7 Å². The fourth-order valence-electron chi connectivity index (χ4n) is 3.34. The topological polar surface area (TPSA) is 84.5 Å². The number of nitriles is 2. The normalized spacial score (nSPS) is 10.1. The van der Waals surface area contributed by atoms with Gasteiger partial charge in [0.15, 0.2) is 23.0 Å². The molecule has 32 heavy (non-hydrogen) atoms. The molecule has 0 aliphatic heterocycles. The van der Waals surface area contributed by atoms with Crippen molar-refractivity contribution in [3.63, 3.8) is 0 Å². The molecule has 2 aromatic rings. The molecule has 0 bridgehead atoms. The van der Waals surface area contributed by atoms with E-state index in [-0.39, 0.29) is 0 Å². The second-order valence-corrected chi connectivity index (χ2v) is 7.48. The minimum absolute atomic E-state index is 0.565. The average molecular weight is 437 g/mol. The van der Waals surface area contributed by atoms with E-state index in [1.807, 2.05) is 0 Å². The van der Waals surface area contributed by atoms with E-state index in [0.29, 0.717) is 47.3 Å². The molecule has 2 aromatic carbocycles. The van der Waals surface area contributed by atoms with Crippen molar-refractivity contribution in [2.45, 2.75) is 51.4 Å². The zero-order valence-electron chi connectivity index (χ0n) is 19.1. The highest BCUT2D eigenvalue weighted by Gasteiger charge is 2.06. The van der Waals surface area contributed by atoms with Gasteiger partial charge >= 0.3 is 0 Å². The van der Waals surface area contributed by atoms with E-state index < -0.39 is 0 Å². The third-order valence-electron chi connectivity index (χ3n) is 5.14. The van der Waals surface area contributed by atoms with Gasteiger partial charge in [0.05, 0.1) is 50.7 Å². The first-order valence-corrected chi connectivity index (χ1v) is 11.1. The zero-order chi connectivity index (χ0) is 23.0. The van der Waals surface area contributed by atoms with Crippen LogP contribution in [0, 0.1) is 22.7 Å². The summed E-state index contributed by atoms with van der Waals surface area (Å²) >= 11 is 0. The van der Waals surface area contributed by atoms with Gasteiger partial charge in [0, 0.05) is 12.1 Å². The lowest BCUT2D eigenvalue weighted by atomic mass is 10.1. The first-order chi connectivity index (χ1) is 15.7. The van der Waals surface area contributed by atoms with E-state index in [9.17, 15) is 0 Å². The summed E-state index contributed by atoms with van der Waals surface area (Å²) in [5, 5.41) is 17.9. The lowest BCUT2D eigenvalue weighted by molar-refractivity contribution is 0.282. The van der Waals surface area contributed by atoms with Crippen LogP contribution in [-0.4, -0.2) is 27.4 Å². The van der Waals surface area contributed by atoms with E-state index >= 15 is 0 Å². The summed E-state index contributed by atoms with van der Waals surface area (Å²) in [5.41, 5.74) is 1.13. The Labute approximate surface area is 191 Å². The first-order valence-electron chi connectivity index (χ1n) is 11.1. The second kappa shape index (κ2) is 14.6. The summed E-state index contributed by atoms with van der Waals surface area (Å²) in [6, 6.07) is 14.7. The molecule has 0 aromatic heterocycles. The van der Waals surface area contributed by atoms with Crippen molar-refractivity contribution in [1.29, 1.82) is 10.5 Å². The van der Waals surface area contributed by atoms with Gasteiger partial charge in [0.1, 0.15) is 0 Å². The molecule has 0 saturated heterocycles. The molecular weight excluding hydrogens is 404 g/mol. The Hall–Kier alpha value is -3.38. The smallest absolute Gasteiger partial charge is 0.162 e. The van der Waals surface area contributed by atoms with Gasteiger partial charge in [0.25, 0.3) is 0 Å². The molecule has 0 N–H and O–H groups in total. The first kappa shape index (κ1) is 24.9. The maximum Gasteiger partial charge on any atom is 0.162 e. The molecule has 0 radical (unpaired) electrons. The number of nitrogens with zero attached hydrogens (tertiary/aromatic N) is 2. The Morgan fingerprint density at radius 3 is 1.28 bits per heavy atom. The standard InChI is InChI=1S/C26H32N2O4/c1-29-25-17-21(19-27)11-13-23(25)31-15-9-7-5-3-4-6-8-10-16-32-24-14-12-22(20-28)18-26(24)30-2/h11-14,17-18H,3-10,15-16H2,1-2H3. The summed E-state index contributed by atoms with van der Waals surface area (Å²) in [6.07, 6.45) is 9.14. The van der Waals surface area contributed by atoms with Crippen LogP contribution in [0.2, 0.25) is 0 Å². The Bertz CT molecular complexity index is 840. The van der Waals surface area contributed by atoms with Crippen molar-refractivity contribution in [3.8, 4) is 35.1 Å². The van der Waals surface area contributed by atoms with Crippen molar-refractivity contribution in [3.05, 3.63) is 47.5 Å². The molecule has 0 atom stereocenters. The highest BCUT2D eigenvalue weighted by atomic mass is 16.5. The van der Waals surface area contributed by atoms with Crippen LogP contribution >= 0.6 is 0 Å². The Morgan fingerprint density at radius 1 is 0.562 bits per heavy atom. The highest BCUT2D eigenvalue weighted by Crippen LogP contribution is 2.29. The summed E-state index contributed by atoms with van der Waals surface area (Å²) in [5.74, 6) is 2.58. The van der Waals surface area contributed by atoms with Crippen molar-refractivity contribution in [2.75, 3.05) is 27.4 Å². The van der Waals surface area contributed by atoms with Crippen LogP contribution in [0.3, 0.4) is 0 Å². The summed E-state index contributed by atoms with van der Waals surface area (Å²) in [4.78, 5) is 0. The van der Waals surface area contributed by atoms with Crippen LogP contribution in [0.25, 0.3) is 0 Å². The number of hydrogen-bond donors (Lipinski definition) is 0. The molecule has 6 heteroatoms. The Kier molecular flexibility index (Phi) is 11.4. The molecule has 0 fully saturated rings. The SMILES string of the molecule is COc1cc(C#N)ccc1OCCCCCCCCCCOc1ccc(C#N)cc1OC. The largest absolute Gasteiger partial charge is 0.493 e. The van der Waals surface area contributed by atoms with Crippen molar-refractivity contribution >= 4 is 0 Å². The number of ether oxygens (including phenoxy) is 4. The van der Waals surface area contributed by atoms with Gasteiger partial charge in [-0.05, 0) is 37.1 Å². The van der Waals surface area contributed by atoms with Gasteiger partial charge in [-0.3, -0.25) is 0 Å². The van der Waals surface area contributed by atoms with E-state index in [2.05, 4.69) is 12.1 Å². The molecule has 0 heterocycles. The van der Waals surface area contributed by atoms with Crippen molar-refractivity contribution in [1.82, 2.24) is 0 Å². The van der Waals surface area contributed by atoms with E-state index in [1.54, 1.807) is 50.6 Å². The van der Waals surface area contributed by atoms with Crippen LogP contribution < -0.4 is 18.9 Å². The maximum atomic E-state index is 8.94. The minimum atomic E-state index is 0.565. The predicted molar refractivity (Wildman–Crippen MR) is 123 cm³/mol. The monoisotopic (exact) mass is 436 g/mol. The number of methoxy groups -OCH3 is 2. The molecule has 0 amide bonds. The Morgan fingerprint density at radius 2 is 0.938 bits per heavy atom. The maximum absolute atomic E-state index is 8.94. The van der Waals surface area contributed by atoms with Gasteiger partial charge in [-0.25, -0.2) is 0 Å². The fourth-order valence-corrected chi connectivity index (χ4v) is 3.34. The number of unbranched alkanes of at least 4 members (excludes halogenated alkanes) is 7. The van der Waals surface area contributed by atoms with Crippen LogP contribution in [0.15, 0.2) is 36.4 Å². The summed E-state index contributed by atoms with van der Waals surface area (Å²) < 4.78 is 22.1. The average Bonchev–Trinajstić information content (AvgIpc) is 2.84. The summed E-state index contributed by atoms with van der Waals surface area (Å²) in [7, 11) is 3.17. The van der Waals surface area contributed by atoms with E-state index in [4.69, 9.17) is 29.5 Å². The molecular formula is C26H32N2O4. The van der Waals surface area contributed by atoms with Gasteiger partial charge in [-0.1, -0.05) is 38.5 Å².